The fourth-order valence-electron chi connectivity index (χ4n) is 3.64. The second-order valence-electron chi connectivity index (χ2n) is 6.94. The first-order valence-corrected chi connectivity index (χ1v) is 8.86. The van der Waals surface area contributed by atoms with E-state index in [4.69, 9.17) is 4.74 Å². The molecule has 0 spiro atoms. The number of methoxy groups -OCH3 is 1. The van der Waals surface area contributed by atoms with Crippen LogP contribution in [-0.4, -0.2) is 87.2 Å². The molecule has 0 saturated carbocycles. The van der Waals surface area contributed by atoms with Gasteiger partial charge in [-0.1, -0.05) is 12.8 Å². The molecule has 0 aromatic rings. The first kappa shape index (κ1) is 17.7. The second kappa shape index (κ2) is 9.48. The van der Waals surface area contributed by atoms with E-state index in [1.807, 2.05) is 0 Å². The van der Waals surface area contributed by atoms with Crippen molar-refractivity contribution in [2.45, 2.75) is 32.1 Å². The van der Waals surface area contributed by atoms with E-state index in [0.717, 1.165) is 39.3 Å². The highest BCUT2D eigenvalue weighted by molar-refractivity contribution is 5.78. The van der Waals surface area contributed by atoms with Gasteiger partial charge in [0.2, 0.25) is 5.91 Å². The normalized spacial score (nSPS) is 24.0. The summed E-state index contributed by atoms with van der Waals surface area (Å²) in [6.45, 7) is 7.69. The Bertz CT molecular complexity index is 330. The van der Waals surface area contributed by atoms with Gasteiger partial charge in [0.25, 0.3) is 0 Å². The Morgan fingerprint density at radius 3 is 2.59 bits per heavy atom. The number of hydrogen-bond acceptors (Lipinski definition) is 4. The van der Waals surface area contributed by atoms with Crippen LogP contribution in [0.5, 0.6) is 0 Å². The minimum Gasteiger partial charge on any atom is -0.383 e. The summed E-state index contributed by atoms with van der Waals surface area (Å²) >= 11 is 0. The second-order valence-corrected chi connectivity index (χ2v) is 6.94. The van der Waals surface area contributed by atoms with Gasteiger partial charge >= 0.3 is 0 Å². The van der Waals surface area contributed by atoms with Crippen LogP contribution in [0.15, 0.2) is 0 Å². The maximum Gasteiger partial charge on any atom is 0.236 e. The van der Waals surface area contributed by atoms with Crippen molar-refractivity contribution in [2.75, 3.05) is 66.6 Å². The molecule has 2 aliphatic rings. The lowest BCUT2D eigenvalue weighted by Gasteiger charge is -2.25. The number of likely N-dealkylation sites (tertiary alicyclic amines) is 2. The lowest BCUT2D eigenvalue weighted by atomic mass is 10.1. The van der Waals surface area contributed by atoms with Crippen LogP contribution < -0.4 is 0 Å². The molecule has 1 atom stereocenters. The van der Waals surface area contributed by atoms with Gasteiger partial charge in [0.15, 0.2) is 0 Å². The number of likely N-dealkylation sites (N-methyl/N-ethyl adjacent to an activating group) is 1. The Morgan fingerprint density at radius 2 is 1.91 bits per heavy atom. The van der Waals surface area contributed by atoms with Crippen molar-refractivity contribution >= 4 is 5.91 Å². The molecule has 5 heteroatoms. The number of hydrogen-bond donors (Lipinski definition) is 0. The third kappa shape index (κ3) is 5.86. The average Bonchev–Trinajstić information content (AvgIpc) is 2.76. The lowest BCUT2D eigenvalue weighted by molar-refractivity contribution is -0.132. The van der Waals surface area contributed by atoms with Crippen molar-refractivity contribution in [3.05, 3.63) is 0 Å². The summed E-state index contributed by atoms with van der Waals surface area (Å²) < 4.78 is 5.15. The van der Waals surface area contributed by atoms with Crippen LogP contribution in [0.4, 0.5) is 0 Å². The van der Waals surface area contributed by atoms with Gasteiger partial charge in [0, 0.05) is 39.8 Å². The number of ether oxygens (including phenoxy) is 1. The van der Waals surface area contributed by atoms with Gasteiger partial charge in [-0.2, -0.15) is 0 Å². The molecule has 5 nitrogen and oxygen atoms in total. The first-order chi connectivity index (χ1) is 10.7. The highest BCUT2D eigenvalue weighted by Gasteiger charge is 2.24. The highest BCUT2D eigenvalue weighted by atomic mass is 16.5. The van der Waals surface area contributed by atoms with E-state index < -0.39 is 0 Å². The number of amides is 1. The van der Waals surface area contributed by atoms with E-state index in [9.17, 15) is 4.79 Å². The maximum absolute atomic E-state index is 12.4. The Kier molecular flexibility index (Phi) is 7.63. The molecule has 2 fully saturated rings. The molecule has 0 bridgehead atoms. The SMILES string of the molecule is COCCN1CCC(CN(C)CC(=O)N2CCCCCC2)C1. The van der Waals surface area contributed by atoms with Crippen LogP contribution in [0, 0.1) is 5.92 Å². The zero-order valence-corrected chi connectivity index (χ0v) is 14.4. The van der Waals surface area contributed by atoms with Gasteiger partial charge in [0.05, 0.1) is 13.2 Å². The van der Waals surface area contributed by atoms with Crippen molar-refractivity contribution < 1.29 is 9.53 Å². The number of nitrogens with zero attached hydrogens (tertiary/aromatic N) is 3. The maximum atomic E-state index is 12.4. The quantitative estimate of drug-likeness (QED) is 0.710. The van der Waals surface area contributed by atoms with Crippen LogP contribution in [0.2, 0.25) is 0 Å². The van der Waals surface area contributed by atoms with Crippen LogP contribution >= 0.6 is 0 Å². The fourth-order valence-corrected chi connectivity index (χ4v) is 3.64. The lowest BCUT2D eigenvalue weighted by Crippen LogP contribution is -2.41. The Hall–Kier alpha value is -0.650. The van der Waals surface area contributed by atoms with Crippen molar-refractivity contribution in [1.82, 2.24) is 14.7 Å². The summed E-state index contributed by atoms with van der Waals surface area (Å²) in [6, 6.07) is 0. The molecule has 2 saturated heterocycles. The molecular formula is C17H33N3O2. The standard InChI is InChI=1S/C17H33N3O2/c1-18(13-16-7-10-19(14-16)11-12-22-2)15-17(21)20-8-5-3-4-6-9-20/h16H,3-15H2,1-2H3. The fraction of sp³-hybridized carbons (Fsp3) is 0.941. The molecular weight excluding hydrogens is 278 g/mol. The van der Waals surface area contributed by atoms with E-state index in [1.54, 1.807) is 7.11 Å². The molecule has 0 N–H and O–H groups in total. The predicted molar refractivity (Wildman–Crippen MR) is 89.0 cm³/mol. The molecule has 128 valence electrons. The van der Waals surface area contributed by atoms with Gasteiger partial charge in [-0.15, -0.1) is 0 Å². The van der Waals surface area contributed by atoms with Crippen molar-refractivity contribution in [2.24, 2.45) is 5.92 Å². The van der Waals surface area contributed by atoms with Gasteiger partial charge in [0.1, 0.15) is 0 Å². The third-order valence-electron chi connectivity index (χ3n) is 4.92. The first-order valence-electron chi connectivity index (χ1n) is 8.86. The van der Waals surface area contributed by atoms with E-state index >= 15 is 0 Å². The molecule has 0 aliphatic carbocycles. The van der Waals surface area contributed by atoms with Crippen molar-refractivity contribution in [3.8, 4) is 0 Å². The molecule has 22 heavy (non-hydrogen) atoms. The van der Waals surface area contributed by atoms with Gasteiger partial charge in [-0.05, 0) is 38.8 Å². The topological polar surface area (TPSA) is 36.0 Å². The molecule has 1 amide bonds. The molecule has 2 aliphatic heterocycles. The van der Waals surface area contributed by atoms with Gasteiger partial charge in [-0.3, -0.25) is 9.69 Å². The van der Waals surface area contributed by atoms with Crippen LogP contribution in [0.3, 0.4) is 0 Å². The zero-order chi connectivity index (χ0) is 15.8. The molecule has 0 aromatic heterocycles. The van der Waals surface area contributed by atoms with Crippen LogP contribution in [0.25, 0.3) is 0 Å². The summed E-state index contributed by atoms with van der Waals surface area (Å²) in [6.07, 6.45) is 6.14. The highest BCUT2D eigenvalue weighted by Crippen LogP contribution is 2.17. The summed E-state index contributed by atoms with van der Waals surface area (Å²) in [5.74, 6) is 1.01. The third-order valence-corrected chi connectivity index (χ3v) is 4.92. The Labute approximate surface area is 135 Å². The average molecular weight is 311 g/mol. The number of carbonyl (C=O) groups is 1. The summed E-state index contributed by atoms with van der Waals surface area (Å²) in [5.41, 5.74) is 0. The number of carbonyl (C=O) groups excluding carboxylic acids is 1. The van der Waals surface area contributed by atoms with Crippen LogP contribution in [0.1, 0.15) is 32.1 Å². The molecule has 0 aromatic carbocycles. The van der Waals surface area contributed by atoms with Gasteiger partial charge in [-0.25, -0.2) is 0 Å². The largest absolute Gasteiger partial charge is 0.383 e. The Morgan fingerprint density at radius 1 is 1.18 bits per heavy atom. The summed E-state index contributed by atoms with van der Waals surface area (Å²) in [5, 5.41) is 0. The number of rotatable bonds is 7. The predicted octanol–water partition coefficient (Wildman–Crippen LogP) is 1.29. The van der Waals surface area contributed by atoms with E-state index in [2.05, 4.69) is 21.7 Å². The molecule has 1 unspecified atom stereocenters. The zero-order valence-electron chi connectivity index (χ0n) is 14.4. The molecule has 0 radical (unpaired) electrons. The summed E-state index contributed by atoms with van der Waals surface area (Å²) in [7, 11) is 3.85. The minimum atomic E-state index is 0.318. The smallest absolute Gasteiger partial charge is 0.236 e. The van der Waals surface area contributed by atoms with E-state index in [-0.39, 0.29) is 0 Å². The summed E-state index contributed by atoms with van der Waals surface area (Å²) in [4.78, 5) is 19.2. The Balaban J connectivity index is 1.66. The monoisotopic (exact) mass is 311 g/mol. The van der Waals surface area contributed by atoms with Gasteiger partial charge < -0.3 is 14.5 Å². The van der Waals surface area contributed by atoms with Crippen molar-refractivity contribution in [1.29, 1.82) is 0 Å². The minimum absolute atomic E-state index is 0.318. The van der Waals surface area contributed by atoms with E-state index in [0.29, 0.717) is 18.4 Å². The molecule has 2 rings (SSSR count). The van der Waals surface area contributed by atoms with Crippen LogP contribution in [-0.2, 0) is 9.53 Å². The van der Waals surface area contributed by atoms with Crippen molar-refractivity contribution in [3.63, 3.8) is 0 Å². The van der Waals surface area contributed by atoms with E-state index in [1.165, 1.54) is 38.6 Å². The molecule has 2 heterocycles.